The van der Waals surface area contributed by atoms with Crippen molar-refractivity contribution in [3.8, 4) is 0 Å². The highest BCUT2D eigenvalue weighted by Crippen LogP contribution is 2.13. The number of hydrogen-bond donors (Lipinski definition) is 1. The van der Waals surface area contributed by atoms with Gasteiger partial charge >= 0.3 is 0 Å². The molecule has 2 N–H and O–H groups in total. The van der Waals surface area contributed by atoms with Crippen LogP contribution in [0.15, 0.2) is 42.7 Å². The summed E-state index contributed by atoms with van der Waals surface area (Å²) in [5, 5.41) is 0. The highest BCUT2D eigenvalue weighted by Gasteiger charge is 2.18. The van der Waals surface area contributed by atoms with Gasteiger partial charge < -0.3 is 10.6 Å². The lowest BCUT2D eigenvalue weighted by molar-refractivity contribution is 0.248. The van der Waals surface area contributed by atoms with E-state index in [9.17, 15) is 0 Å². The molecule has 0 bridgehead atoms. The van der Waals surface area contributed by atoms with Gasteiger partial charge in [-0.2, -0.15) is 0 Å². The molecule has 3 rings (SSSR count). The largest absolute Gasteiger partial charge is 0.389 e. The van der Waals surface area contributed by atoms with E-state index >= 15 is 0 Å². The second kappa shape index (κ2) is 6.81. The van der Waals surface area contributed by atoms with Crippen LogP contribution in [0.25, 0.3) is 0 Å². The summed E-state index contributed by atoms with van der Waals surface area (Å²) in [6.45, 7) is 4.87. The molecule has 5 nitrogen and oxygen atoms in total. The minimum atomic E-state index is 0.447. The summed E-state index contributed by atoms with van der Waals surface area (Å²) in [5.41, 5.74) is 7.83. The summed E-state index contributed by atoms with van der Waals surface area (Å²) in [6, 6.07) is 10.0. The average Bonchev–Trinajstić information content (AvgIpc) is 2.57. The van der Waals surface area contributed by atoms with Crippen LogP contribution in [0.1, 0.15) is 11.1 Å². The highest BCUT2D eigenvalue weighted by atomic mass is 32.1. The lowest BCUT2D eigenvalue weighted by Gasteiger charge is -2.34. The molecule has 2 aromatic rings. The topological polar surface area (TPSA) is 58.3 Å². The fraction of sp³-hybridized carbons (Fsp3) is 0.312. The molecule has 0 aliphatic carbocycles. The van der Waals surface area contributed by atoms with Crippen LogP contribution >= 0.6 is 12.2 Å². The number of anilines is 1. The Morgan fingerprint density at radius 2 is 1.68 bits per heavy atom. The molecule has 1 aromatic carbocycles. The Morgan fingerprint density at radius 3 is 2.27 bits per heavy atom. The van der Waals surface area contributed by atoms with E-state index < -0.39 is 0 Å². The number of nitrogens with two attached hydrogens (primary N) is 1. The highest BCUT2D eigenvalue weighted by molar-refractivity contribution is 7.80. The zero-order chi connectivity index (χ0) is 15.4. The summed E-state index contributed by atoms with van der Waals surface area (Å²) in [6.07, 6.45) is 3.58. The van der Waals surface area contributed by atoms with Gasteiger partial charge in [0.2, 0.25) is 5.95 Å². The second-order valence-electron chi connectivity index (χ2n) is 5.37. The number of hydrogen-bond acceptors (Lipinski definition) is 5. The minimum absolute atomic E-state index is 0.447. The lowest BCUT2D eigenvalue weighted by Crippen LogP contribution is -2.46. The van der Waals surface area contributed by atoms with E-state index in [4.69, 9.17) is 18.0 Å². The van der Waals surface area contributed by atoms with Crippen molar-refractivity contribution in [1.82, 2.24) is 14.9 Å². The molecule has 6 heteroatoms. The Bertz CT molecular complexity index is 621. The summed E-state index contributed by atoms with van der Waals surface area (Å²) >= 11 is 4.98. The molecule has 1 fully saturated rings. The Hall–Kier alpha value is -2.05. The van der Waals surface area contributed by atoms with Gasteiger partial charge in [-0.05, 0) is 11.6 Å². The first-order valence-electron chi connectivity index (χ1n) is 7.35. The normalized spacial score (nSPS) is 15.7. The average molecular weight is 313 g/mol. The Morgan fingerprint density at radius 1 is 1.05 bits per heavy atom. The maximum atomic E-state index is 5.62. The predicted octanol–water partition coefficient (Wildman–Crippen LogP) is 1.43. The number of benzene rings is 1. The number of piperazine rings is 1. The SMILES string of the molecule is NC(=S)c1ccc(CN2CCN(c3ncccn3)CC2)cc1. The van der Waals surface area contributed by atoms with Crippen LogP contribution in [0.5, 0.6) is 0 Å². The molecular weight excluding hydrogens is 294 g/mol. The van der Waals surface area contributed by atoms with Crippen LogP contribution in [0.2, 0.25) is 0 Å². The number of thiocarbonyl (C=S) groups is 1. The van der Waals surface area contributed by atoms with Crippen LogP contribution < -0.4 is 10.6 Å². The van der Waals surface area contributed by atoms with E-state index in [0.29, 0.717) is 4.99 Å². The van der Waals surface area contributed by atoms with E-state index in [2.05, 4.69) is 31.9 Å². The quantitative estimate of drug-likeness (QED) is 0.862. The van der Waals surface area contributed by atoms with Crippen molar-refractivity contribution in [1.29, 1.82) is 0 Å². The van der Waals surface area contributed by atoms with Crippen LogP contribution in [0.3, 0.4) is 0 Å². The fourth-order valence-corrected chi connectivity index (χ4v) is 2.73. The van der Waals surface area contributed by atoms with E-state index in [-0.39, 0.29) is 0 Å². The molecule has 1 aromatic heterocycles. The van der Waals surface area contributed by atoms with Crippen LogP contribution in [-0.4, -0.2) is 46.0 Å². The van der Waals surface area contributed by atoms with Gasteiger partial charge in [-0.1, -0.05) is 36.5 Å². The van der Waals surface area contributed by atoms with Crippen LogP contribution in [-0.2, 0) is 6.54 Å². The lowest BCUT2D eigenvalue weighted by atomic mass is 10.1. The second-order valence-corrected chi connectivity index (χ2v) is 5.81. The third kappa shape index (κ3) is 3.58. The fourth-order valence-electron chi connectivity index (χ4n) is 2.59. The third-order valence-corrected chi connectivity index (χ3v) is 4.09. The predicted molar refractivity (Wildman–Crippen MR) is 91.9 cm³/mol. The van der Waals surface area contributed by atoms with Gasteiger partial charge in [-0.3, -0.25) is 4.90 Å². The van der Waals surface area contributed by atoms with E-state index in [0.717, 1.165) is 44.2 Å². The van der Waals surface area contributed by atoms with Crippen molar-refractivity contribution in [3.05, 3.63) is 53.9 Å². The molecular formula is C16H19N5S. The zero-order valence-corrected chi connectivity index (χ0v) is 13.2. The molecule has 1 aliphatic heterocycles. The molecule has 1 aliphatic rings. The van der Waals surface area contributed by atoms with Crippen LogP contribution in [0, 0.1) is 0 Å². The van der Waals surface area contributed by atoms with Crippen molar-refractivity contribution >= 4 is 23.2 Å². The van der Waals surface area contributed by atoms with Gasteiger partial charge in [0.25, 0.3) is 0 Å². The number of aromatic nitrogens is 2. The van der Waals surface area contributed by atoms with E-state index in [1.165, 1.54) is 5.56 Å². The van der Waals surface area contributed by atoms with Crippen LogP contribution in [0.4, 0.5) is 5.95 Å². The van der Waals surface area contributed by atoms with Gasteiger partial charge in [0.15, 0.2) is 0 Å². The monoisotopic (exact) mass is 313 g/mol. The Balaban J connectivity index is 1.54. The molecule has 2 heterocycles. The molecule has 1 saturated heterocycles. The van der Waals surface area contributed by atoms with Gasteiger partial charge in [0.1, 0.15) is 4.99 Å². The summed E-state index contributed by atoms with van der Waals surface area (Å²) in [5.74, 6) is 0.822. The van der Waals surface area contributed by atoms with Gasteiger partial charge in [-0.25, -0.2) is 9.97 Å². The van der Waals surface area contributed by atoms with Crippen molar-refractivity contribution in [2.75, 3.05) is 31.1 Å². The first kappa shape index (κ1) is 14.9. The molecule has 0 atom stereocenters. The van der Waals surface area contributed by atoms with Gasteiger partial charge in [0.05, 0.1) is 0 Å². The Kier molecular flexibility index (Phi) is 4.60. The summed E-state index contributed by atoms with van der Waals surface area (Å²) < 4.78 is 0. The zero-order valence-electron chi connectivity index (χ0n) is 12.4. The Labute approximate surface area is 135 Å². The maximum Gasteiger partial charge on any atom is 0.225 e. The third-order valence-electron chi connectivity index (χ3n) is 3.85. The van der Waals surface area contributed by atoms with Gasteiger partial charge in [0, 0.05) is 50.7 Å². The van der Waals surface area contributed by atoms with E-state index in [1.807, 2.05) is 18.2 Å². The standard InChI is InChI=1S/C16H19N5S/c17-15(22)14-4-2-13(3-5-14)12-20-8-10-21(11-9-20)16-18-6-1-7-19-16/h1-7H,8-12H2,(H2,17,22). The molecule has 0 spiro atoms. The molecule has 0 saturated carbocycles. The van der Waals surface area contributed by atoms with Crippen molar-refractivity contribution < 1.29 is 0 Å². The van der Waals surface area contributed by atoms with Crippen molar-refractivity contribution in [2.24, 2.45) is 5.73 Å². The first-order valence-corrected chi connectivity index (χ1v) is 7.76. The molecule has 0 radical (unpaired) electrons. The number of rotatable bonds is 4. The molecule has 22 heavy (non-hydrogen) atoms. The van der Waals surface area contributed by atoms with Crippen molar-refractivity contribution in [3.63, 3.8) is 0 Å². The smallest absolute Gasteiger partial charge is 0.225 e. The first-order chi connectivity index (χ1) is 10.7. The van der Waals surface area contributed by atoms with Crippen molar-refractivity contribution in [2.45, 2.75) is 6.54 Å². The number of nitrogens with zero attached hydrogens (tertiary/aromatic N) is 4. The molecule has 114 valence electrons. The molecule has 0 amide bonds. The molecule has 0 unspecified atom stereocenters. The van der Waals surface area contributed by atoms with Gasteiger partial charge in [-0.15, -0.1) is 0 Å². The minimum Gasteiger partial charge on any atom is -0.389 e. The van der Waals surface area contributed by atoms with E-state index in [1.54, 1.807) is 12.4 Å². The summed E-state index contributed by atoms with van der Waals surface area (Å²) in [7, 11) is 0. The maximum absolute atomic E-state index is 5.62. The summed E-state index contributed by atoms with van der Waals surface area (Å²) in [4.78, 5) is 13.7.